The molecule has 0 radical (unpaired) electrons. The fourth-order valence-corrected chi connectivity index (χ4v) is 2.37. The Morgan fingerprint density at radius 2 is 2.33 bits per heavy atom. The molecule has 100 valence electrons. The van der Waals surface area contributed by atoms with Gasteiger partial charge in [0.25, 0.3) is 0 Å². The van der Waals surface area contributed by atoms with Gasteiger partial charge in [0.15, 0.2) is 0 Å². The minimum Gasteiger partial charge on any atom is -0.381 e. The molecule has 3 nitrogen and oxygen atoms in total. The highest BCUT2D eigenvalue weighted by Gasteiger charge is 2.19. The van der Waals surface area contributed by atoms with Crippen LogP contribution in [0.3, 0.4) is 0 Å². The molecule has 1 aromatic rings. The van der Waals surface area contributed by atoms with Crippen molar-refractivity contribution in [3.63, 3.8) is 0 Å². The molecule has 0 spiro atoms. The molecular weight excluding hydrogens is 248 g/mol. The first-order valence-corrected chi connectivity index (χ1v) is 6.91. The zero-order chi connectivity index (χ0) is 13.0. The van der Waals surface area contributed by atoms with E-state index in [9.17, 15) is 0 Å². The van der Waals surface area contributed by atoms with E-state index >= 15 is 0 Å². The second-order valence-electron chi connectivity index (χ2n) is 4.75. The van der Waals surface area contributed by atoms with Crippen molar-refractivity contribution >= 4 is 17.3 Å². The molecule has 1 aromatic carbocycles. The van der Waals surface area contributed by atoms with Crippen LogP contribution in [0.2, 0.25) is 5.02 Å². The zero-order valence-corrected chi connectivity index (χ0v) is 11.8. The maximum Gasteiger partial charge on any atom is 0.0874 e. The Hall–Kier alpha value is -0.770. The number of ether oxygens (including phenoxy) is 1. The molecule has 0 saturated carbocycles. The second-order valence-corrected chi connectivity index (χ2v) is 5.16. The fourth-order valence-electron chi connectivity index (χ4n) is 2.19. The van der Waals surface area contributed by atoms with E-state index in [1.165, 1.54) is 5.56 Å². The van der Waals surface area contributed by atoms with Crippen LogP contribution in [0.5, 0.6) is 0 Å². The topological polar surface area (TPSA) is 24.5 Å². The van der Waals surface area contributed by atoms with E-state index in [-0.39, 0.29) is 6.10 Å². The van der Waals surface area contributed by atoms with E-state index in [0.717, 1.165) is 43.5 Å². The Balaban J connectivity index is 1.89. The van der Waals surface area contributed by atoms with Crippen molar-refractivity contribution < 1.29 is 4.74 Å². The van der Waals surface area contributed by atoms with Gasteiger partial charge in [0, 0.05) is 19.6 Å². The summed E-state index contributed by atoms with van der Waals surface area (Å²) < 4.78 is 5.75. The van der Waals surface area contributed by atoms with Gasteiger partial charge in [0.2, 0.25) is 0 Å². The summed E-state index contributed by atoms with van der Waals surface area (Å²) in [6.45, 7) is 9.00. The Morgan fingerprint density at radius 3 is 3.11 bits per heavy atom. The molecule has 1 saturated heterocycles. The minimum absolute atomic E-state index is 0.246. The van der Waals surface area contributed by atoms with Crippen molar-refractivity contribution in [2.45, 2.75) is 20.0 Å². The van der Waals surface area contributed by atoms with Crippen LogP contribution in [0.25, 0.3) is 0 Å². The van der Waals surface area contributed by atoms with Crippen LogP contribution in [-0.4, -0.2) is 43.8 Å². The van der Waals surface area contributed by atoms with E-state index in [1.54, 1.807) is 0 Å². The largest absolute Gasteiger partial charge is 0.381 e. The molecule has 1 aliphatic heterocycles. The maximum absolute atomic E-state index is 6.16. The lowest BCUT2D eigenvalue weighted by Crippen LogP contribution is -2.45. The number of rotatable bonds is 4. The quantitative estimate of drug-likeness (QED) is 0.909. The lowest BCUT2D eigenvalue weighted by molar-refractivity contribution is -0.0191. The lowest BCUT2D eigenvalue weighted by Gasteiger charge is -2.32. The Bertz CT molecular complexity index is 397. The molecule has 2 rings (SSSR count). The highest BCUT2D eigenvalue weighted by atomic mass is 35.5. The lowest BCUT2D eigenvalue weighted by atomic mass is 10.2. The zero-order valence-electron chi connectivity index (χ0n) is 11.1. The van der Waals surface area contributed by atoms with Crippen molar-refractivity contribution in [1.29, 1.82) is 0 Å². The number of nitrogens with one attached hydrogen (secondary N) is 1. The van der Waals surface area contributed by atoms with Crippen molar-refractivity contribution in [2.24, 2.45) is 0 Å². The van der Waals surface area contributed by atoms with Crippen molar-refractivity contribution in [1.82, 2.24) is 4.90 Å². The Kier molecular flexibility index (Phi) is 4.87. The van der Waals surface area contributed by atoms with Crippen LogP contribution in [0, 0.1) is 6.92 Å². The molecule has 18 heavy (non-hydrogen) atoms. The van der Waals surface area contributed by atoms with Crippen LogP contribution in [-0.2, 0) is 4.74 Å². The van der Waals surface area contributed by atoms with E-state index in [1.807, 2.05) is 12.1 Å². The molecule has 1 atom stereocenters. The van der Waals surface area contributed by atoms with Gasteiger partial charge in [0.1, 0.15) is 0 Å². The van der Waals surface area contributed by atoms with E-state index in [4.69, 9.17) is 16.3 Å². The SMILES string of the molecule is CCN1CCOC(CNc2cc(C)ccc2Cl)C1. The molecular formula is C14H21ClN2O. The summed E-state index contributed by atoms with van der Waals surface area (Å²) in [5, 5.41) is 4.15. The number of likely N-dealkylation sites (N-methyl/N-ethyl adjacent to an activating group) is 1. The van der Waals surface area contributed by atoms with Crippen LogP contribution < -0.4 is 5.32 Å². The number of halogens is 1. The molecule has 0 amide bonds. The monoisotopic (exact) mass is 268 g/mol. The molecule has 1 unspecified atom stereocenters. The molecule has 1 fully saturated rings. The van der Waals surface area contributed by atoms with Gasteiger partial charge < -0.3 is 10.1 Å². The summed E-state index contributed by atoms with van der Waals surface area (Å²) in [7, 11) is 0. The summed E-state index contributed by atoms with van der Waals surface area (Å²) in [5.41, 5.74) is 2.20. The van der Waals surface area contributed by atoms with Crippen molar-refractivity contribution in [2.75, 3.05) is 38.1 Å². The molecule has 4 heteroatoms. The predicted molar refractivity (Wildman–Crippen MR) is 76.5 cm³/mol. The van der Waals surface area contributed by atoms with Gasteiger partial charge in [-0.2, -0.15) is 0 Å². The van der Waals surface area contributed by atoms with E-state index in [2.05, 4.69) is 30.1 Å². The number of nitrogens with zero attached hydrogens (tertiary/aromatic N) is 1. The van der Waals surface area contributed by atoms with Gasteiger partial charge in [-0.1, -0.05) is 24.6 Å². The third kappa shape index (κ3) is 3.61. The summed E-state index contributed by atoms with van der Waals surface area (Å²) in [4.78, 5) is 2.41. The summed E-state index contributed by atoms with van der Waals surface area (Å²) in [6, 6.07) is 6.02. The van der Waals surface area contributed by atoms with Gasteiger partial charge in [0.05, 0.1) is 23.4 Å². The van der Waals surface area contributed by atoms with Gasteiger partial charge in [-0.15, -0.1) is 0 Å². The number of benzene rings is 1. The van der Waals surface area contributed by atoms with Gasteiger partial charge in [-0.25, -0.2) is 0 Å². The Morgan fingerprint density at radius 1 is 1.50 bits per heavy atom. The first kappa shape index (κ1) is 13.7. The molecule has 0 bridgehead atoms. The average Bonchev–Trinajstić information content (AvgIpc) is 2.40. The van der Waals surface area contributed by atoms with Crippen LogP contribution in [0.4, 0.5) is 5.69 Å². The predicted octanol–water partition coefficient (Wildman–Crippen LogP) is 2.78. The van der Waals surface area contributed by atoms with Gasteiger partial charge >= 0.3 is 0 Å². The van der Waals surface area contributed by atoms with E-state index < -0.39 is 0 Å². The highest BCUT2D eigenvalue weighted by Crippen LogP contribution is 2.22. The number of hydrogen-bond acceptors (Lipinski definition) is 3. The average molecular weight is 269 g/mol. The third-order valence-electron chi connectivity index (χ3n) is 3.31. The minimum atomic E-state index is 0.246. The highest BCUT2D eigenvalue weighted by molar-refractivity contribution is 6.33. The Labute approximate surface area is 114 Å². The molecule has 1 heterocycles. The number of anilines is 1. The van der Waals surface area contributed by atoms with Crippen LogP contribution >= 0.6 is 11.6 Å². The number of morpholine rings is 1. The summed E-state index contributed by atoms with van der Waals surface area (Å²) in [6.07, 6.45) is 0.246. The number of aryl methyl sites for hydroxylation is 1. The first-order chi connectivity index (χ1) is 8.69. The third-order valence-corrected chi connectivity index (χ3v) is 3.64. The maximum atomic E-state index is 6.16. The second kappa shape index (κ2) is 6.41. The summed E-state index contributed by atoms with van der Waals surface area (Å²) >= 11 is 6.16. The summed E-state index contributed by atoms with van der Waals surface area (Å²) in [5.74, 6) is 0. The molecule has 1 aliphatic rings. The van der Waals surface area contributed by atoms with Crippen LogP contribution in [0.15, 0.2) is 18.2 Å². The van der Waals surface area contributed by atoms with Gasteiger partial charge in [-0.05, 0) is 31.2 Å². The molecule has 0 aromatic heterocycles. The smallest absolute Gasteiger partial charge is 0.0874 e. The van der Waals surface area contributed by atoms with Crippen LogP contribution in [0.1, 0.15) is 12.5 Å². The number of hydrogen-bond donors (Lipinski definition) is 1. The molecule has 0 aliphatic carbocycles. The standard InChI is InChI=1S/C14H21ClN2O/c1-3-17-6-7-18-12(10-17)9-16-14-8-11(2)4-5-13(14)15/h4-5,8,12,16H,3,6-7,9-10H2,1-2H3. The van der Waals surface area contributed by atoms with E-state index in [0.29, 0.717) is 0 Å². The van der Waals surface area contributed by atoms with Gasteiger partial charge in [-0.3, -0.25) is 4.90 Å². The molecule has 1 N–H and O–H groups in total. The van der Waals surface area contributed by atoms with Crippen molar-refractivity contribution in [3.05, 3.63) is 28.8 Å². The fraction of sp³-hybridized carbons (Fsp3) is 0.571. The van der Waals surface area contributed by atoms with Crippen molar-refractivity contribution in [3.8, 4) is 0 Å². The first-order valence-electron chi connectivity index (χ1n) is 6.53. The normalized spacial score (nSPS) is 20.9.